The minimum absolute atomic E-state index is 0.0208. The van der Waals surface area contributed by atoms with Crippen LogP contribution in [0.4, 0.5) is 0 Å². The molecule has 2 aliphatic rings. The van der Waals surface area contributed by atoms with Crippen LogP contribution in [-0.2, 0) is 4.79 Å². The summed E-state index contributed by atoms with van der Waals surface area (Å²) < 4.78 is 2.16. The second-order valence-electron chi connectivity index (χ2n) is 8.57. The summed E-state index contributed by atoms with van der Waals surface area (Å²) in [7, 11) is 0. The van der Waals surface area contributed by atoms with E-state index < -0.39 is 5.91 Å². The highest BCUT2D eigenvalue weighted by Gasteiger charge is 2.36. The number of aliphatic imine (C=N–C) groups is 1. The summed E-state index contributed by atoms with van der Waals surface area (Å²) in [5.74, 6) is 0.0602. The van der Waals surface area contributed by atoms with Crippen molar-refractivity contribution in [1.82, 2.24) is 14.6 Å². The number of benzene rings is 1. The molecule has 170 valence electrons. The molecule has 0 spiro atoms. The zero-order valence-corrected chi connectivity index (χ0v) is 20.2. The molecule has 34 heavy (non-hydrogen) atoms. The number of amides is 1. The van der Waals surface area contributed by atoms with Crippen LogP contribution in [0.3, 0.4) is 0 Å². The van der Waals surface area contributed by atoms with Crippen molar-refractivity contribution in [2.75, 3.05) is 0 Å². The average Bonchev–Trinajstić information content (AvgIpc) is 3.37. The lowest BCUT2D eigenvalue weighted by molar-refractivity contribution is -0.114. The number of thioether (sulfide) groups is 1. The lowest BCUT2D eigenvalue weighted by atomic mass is 10.0. The number of pyridine rings is 1. The van der Waals surface area contributed by atoms with Crippen molar-refractivity contribution < 1.29 is 4.79 Å². The van der Waals surface area contributed by atoms with Gasteiger partial charge in [0.2, 0.25) is 5.17 Å². The third kappa shape index (κ3) is 3.80. The fourth-order valence-corrected chi connectivity index (χ4v) is 4.97. The molecule has 0 aliphatic carbocycles. The van der Waals surface area contributed by atoms with E-state index in [2.05, 4.69) is 57.8 Å². The fourth-order valence-electron chi connectivity index (χ4n) is 4.09. The molecule has 0 fully saturated rings. The van der Waals surface area contributed by atoms with Gasteiger partial charge in [-0.15, -0.1) is 0 Å². The van der Waals surface area contributed by atoms with Crippen molar-refractivity contribution in [3.05, 3.63) is 88.5 Å². The molecule has 1 aromatic carbocycles. The smallest absolute Gasteiger partial charge is 0.283 e. The van der Waals surface area contributed by atoms with E-state index in [0.717, 1.165) is 28.2 Å². The Morgan fingerprint density at radius 1 is 1.12 bits per heavy atom. The summed E-state index contributed by atoms with van der Waals surface area (Å²) in [6.07, 6.45) is 5.14. The van der Waals surface area contributed by atoms with Crippen LogP contribution in [0.5, 0.6) is 0 Å². The normalized spacial score (nSPS) is 16.9. The molecule has 0 radical (unpaired) electrons. The molecule has 0 unspecified atom stereocenters. The lowest BCUT2D eigenvalue weighted by Crippen LogP contribution is -2.35. The third-order valence-electron chi connectivity index (χ3n) is 5.95. The van der Waals surface area contributed by atoms with Gasteiger partial charge in [-0.1, -0.05) is 26.0 Å². The summed E-state index contributed by atoms with van der Waals surface area (Å²) in [6.45, 7) is 8.42. The molecule has 1 N–H and O–H groups in total. The monoisotopic (exact) mass is 468 g/mol. The summed E-state index contributed by atoms with van der Waals surface area (Å²) in [6, 6.07) is 14.3. The highest BCUT2D eigenvalue weighted by atomic mass is 32.2. The predicted octanol–water partition coefficient (Wildman–Crippen LogP) is 5.28. The molecule has 5 rings (SSSR count). The molecule has 0 atom stereocenters. The van der Waals surface area contributed by atoms with Crippen LogP contribution < -0.4 is 0 Å². The van der Waals surface area contributed by atoms with E-state index in [1.165, 1.54) is 22.3 Å². The molecule has 3 aromatic rings. The minimum atomic E-state index is -0.433. The zero-order valence-electron chi connectivity index (χ0n) is 19.4. The van der Waals surface area contributed by atoms with E-state index in [0.29, 0.717) is 16.1 Å². The number of carbonyl (C=O) groups is 1. The van der Waals surface area contributed by atoms with Gasteiger partial charge in [0, 0.05) is 35.0 Å². The number of hydrazone groups is 1. The number of hydrogen-bond donors (Lipinski definition) is 1. The number of aromatic nitrogens is 2. The number of fused-ring (bicyclic) bond motifs is 1. The van der Waals surface area contributed by atoms with Gasteiger partial charge in [0.25, 0.3) is 5.91 Å². The van der Waals surface area contributed by atoms with E-state index in [4.69, 9.17) is 5.41 Å². The van der Waals surface area contributed by atoms with Crippen molar-refractivity contribution in [3.63, 3.8) is 0 Å². The Balaban J connectivity index is 1.49. The molecule has 1 amide bonds. The van der Waals surface area contributed by atoms with Gasteiger partial charge in [-0.2, -0.15) is 15.1 Å². The summed E-state index contributed by atoms with van der Waals surface area (Å²) >= 11 is 1.27. The van der Waals surface area contributed by atoms with Crippen molar-refractivity contribution in [2.45, 2.75) is 33.6 Å². The Morgan fingerprint density at radius 3 is 2.56 bits per heavy atom. The van der Waals surface area contributed by atoms with E-state index in [1.807, 2.05) is 32.0 Å². The van der Waals surface area contributed by atoms with Gasteiger partial charge in [-0.05, 0) is 79.1 Å². The molecule has 4 heterocycles. The second-order valence-corrected chi connectivity index (χ2v) is 9.53. The first-order valence-electron chi connectivity index (χ1n) is 11.0. The van der Waals surface area contributed by atoms with Crippen molar-refractivity contribution in [1.29, 1.82) is 5.41 Å². The molecular weight excluding hydrogens is 444 g/mol. The predicted molar refractivity (Wildman–Crippen MR) is 138 cm³/mol. The Hall–Kier alpha value is -3.78. The van der Waals surface area contributed by atoms with E-state index in [9.17, 15) is 4.79 Å². The van der Waals surface area contributed by atoms with E-state index in [-0.39, 0.29) is 11.4 Å². The van der Waals surface area contributed by atoms with Crippen LogP contribution >= 0.6 is 11.8 Å². The van der Waals surface area contributed by atoms with Crippen molar-refractivity contribution in [3.8, 4) is 5.69 Å². The number of rotatable bonds is 4. The van der Waals surface area contributed by atoms with Gasteiger partial charge >= 0.3 is 0 Å². The lowest BCUT2D eigenvalue weighted by Gasteiger charge is -2.20. The summed E-state index contributed by atoms with van der Waals surface area (Å²) in [4.78, 5) is 21.2. The quantitative estimate of drug-likeness (QED) is 0.528. The Kier molecular flexibility index (Phi) is 5.53. The Bertz CT molecular complexity index is 1400. The van der Waals surface area contributed by atoms with Crippen molar-refractivity contribution in [2.24, 2.45) is 10.1 Å². The van der Waals surface area contributed by atoms with Gasteiger partial charge in [0.05, 0.1) is 5.57 Å². The van der Waals surface area contributed by atoms with Gasteiger partial charge in [-0.25, -0.2) is 0 Å². The molecule has 8 heteroatoms. The first-order chi connectivity index (χ1) is 16.3. The summed E-state index contributed by atoms with van der Waals surface area (Å²) in [5.41, 5.74) is 6.32. The van der Waals surface area contributed by atoms with E-state index in [1.54, 1.807) is 18.5 Å². The molecule has 2 aliphatic heterocycles. The highest BCUT2D eigenvalue weighted by molar-refractivity contribution is 8.27. The van der Waals surface area contributed by atoms with E-state index >= 15 is 0 Å². The first kappa shape index (κ1) is 22.0. The van der Waals surface area contributed by atoms with Crippen LogP contribution in [-0.4, -0.2) is 36.5 Å². The van der Waals surface area contributed by atoms with Gasteiger partial charge in [0.1, 0.15) is 5.04 Å². The molecule has 0 saturated heterocycles. The van der Waals surface area contributed by atoms with Crippen LogP contribution in [0, 0.1) is 19.3 Å². The highest BCUT2D eigenvalue weighted by Crippen LogP contribution is 2.31. The minimum Gasteiger partial charge on any atom is -0.318 e. The van der Waals surface area contributed by atoms with Gasteiger partial charge < -0.3 is 4.57 Å². The maximum Gasteiger partial charge on any atom is 0.283 e. The SMILES string of the molecule is Cc1cc(C=C2C(=N)N3N=C(c4cccnc4)SC3=NC2=O)c(C)n1-c1ccc(C(C)C)cc1. The molecule has 0 bridgehead atoms. The first-order valence-corrected chi connectivity index (χ1v) is 11.8. The number of hydrogen-bond acceptors (Lipinski definition) is 5. The third-order valence-corrected chi connectivity index (χ3v) is 6.91. The number of carbonyl (C=O) groups excluding carboxylic acids is 1. The van der Waals surface area contributed by atoms with Gasteiger partial charge in [-0.3, -0.25) is 15.2 Å². The molecule has 2 aromatic heterocycles. The van der Waals surface area contributed by atoms with Crippen LogP contribution in [0.15, 0.2) is 70.5 Å². The topological polar surface area (TPSA) is 86.7 Å². The molecule has 0 saturated carbocycles. The fraction of sp³-hybridized carbons (Fsp3) is 0.192. The number of nitrogens with zero attached hydrogens (tertiary/aromatic N) is 5. The average molecular weight is 469 g/mol. The van der Waals surface area contributed by atoms with Crippen LogP contribution in [0.25, 0.3) is 11.8 Å². The molecule has 7 nitrogen and oxygen atoms in total. The maximum absolute atomic E-state index is 12.9. The maximum atomic E-state index is 12.9. The van der Waals surface area contributed by atoms with Crippen molar-refractivity contribution >= 4 is 39.8 Å². The largest absolute Gasteiger partial charge is 0.318 e. The Labute approximate surface area is 202 Å². The summed E-state index contributed by atoms with van der Waals surface area (Å²) in [5, 5.41) is 15.7. The second kappa shape index (κ2) is 8.53. The standard InChI is InChI=1S/C26H24N6OS/c1-15(2)18-7-9-21(10-8-18)31-16(3)12-20(17(31)4)13-22-23(27)32-26(29-24(22)33)34-25(30-32)19-6-5-11-28-14-19/h5-15,27H,1-4H3. The van der Waals surface area contributed by atoms with Crippen LogP contribution in [0.2, 0.25) is 0 Å². The number of aryl methyl sites for hydroxylation is 1. The zero-order chi connectivity index (χ0) is 24.0. The van der Waals surface area contributed by atoms with Crippen LogP contribution in [0.1, 0.15) is 47.8 Å². The molecular formula is C26H24N6OS. The van der Waals surface area contributed by atoms with Gasteiger partial charge in [0.15, 0.2) is 5.84 Å². The number of amidine groups is 2. The Morgan fingerprint density at radius 2 is 1.88 bits per heavy atom. The number of nitrogens with one attached hydrogen (secondary N) is 1.